The first kappa shape index (κ1) is 25.0. The van der Waals surface area contributed by atoms with Gasteiger partial charge in [0.1, 0.15) is 11.2 Å². The summed E-state index contributed by atoms with van der Waals surface area (Å²) in [4.78, 5) is 54.3. The maximum Gasteiger partial charge on any atom is 0.293 e. The molecule has 37 heavy (non-hydrogen) atoms. The number of rotatable bonds is 8. The van der Waals surface area contributed by atoms with E-state index < -0.39 is 59.4 Å². The number of amides is 3. The van der Waals surface area contributed by atoms with E-state index in [-0.39, 0.29) is 22.5 Å². The average molecular weight is 520 g/mol. The minimum absolute atomic E-state index is 0.0214. The Hall–Kier alpha value is -3.70. The molecule has 1 aromatic carbocycles. The van der Waals surface area contributed by atoms with Crippen LogP contribution < -0.4 is 16.0 Å². The highest BCUT2D eigenvalue weighted by Gasteiger charge is 2.64. The standard InChI is InChI=1S/C25H24F4N4O4/c1-10-18(20(34)22(36)33-24(23(37)30-2)8-25(28,29)9-24)17(7-14-12-6-13(12)14)32-19(10)21(35)31-11-3-4-15(26)16(27)5-11/h3-5,12-14,32H,6-9H2,1-2H3,(H,30,37)(H,31,35)(H,33,36)/t12-,13?,14-/m1/s1. The number of aromatic amines is 1. The normalized spacial score (nSPS) is 23.8. The molecule has 1 heterocycles. The highest BCUT2D eigenvalue weighted by molar-refractivity contribution is 6.44. The third-order valence-electron chi connectivity index (χ3n) is 7.59. The fourth-order valence-corrected chi connectivity index (χ4v) is 5.33. The number of hydrogen-bond acceptors (Lipinski definition) is 4. The number of benzene rings is 1. The summed E-state index contributed by atoms with van der Waals surface area (Å²) >= 11 is 0. The van der Waals surface area contributed by atoms with Crippen LogP contribution in [0.25, 0.3) is 0 Å². The van der Waals surface area contributed by atoms with E-state index in [9.17, 15) is 36.7 Å². The van der Waals surface area contributed by atoms with Crippen molar-refractivity contribution in [2.75, 3.05) is 12.4 Å². The minimum atomic E-state index is -3.16. The van der Waals surface area contributed by atoms with Crippen molar-refractivity contribution in [1.29, 1.82) is 0 Å². The first-order valence-corrected chi connectivity index (χ1v) is 11.8. The van der Waals surface area contributed by atoms with Gasteiger partial charge in [-0.05, 0) is 55.2 Å². The van der Waals surface area contributed by atoms with Crippen LogP contribution in [0.5, 0.6) is 0 Å². The minimum Gasteiger partial charge on any atom is -0.357 e. The van der Waals surface area contributed by atoms with E-state index in [1.807, 2.05) is 0 Å². The number of anilines is 1. The van der Waals surface area contributed by atoms with Crippen molar-refractivity contribution < 1.29 is 36.7 Å². The smallest absolute Gasteiger partial charge is 0.293 e. The lowest BCUT2D eigenvalue weighted by Gasteiger charge is -2.45. The number of aromatic nitrogens is 1. The van der Waals surface area contributed by atoms with Gasteiger partial charge in [-0.2, -0.15) is 0 Å². The van der Waals surface area contributed by atoms with Gasteiger partial charge in [0, 0.05) is 37.3 Å². The van der Waals surface area contributed by atoms with Gasteiger partial charge in [0.05, 0.1) is 5.56 Å². The number of nitrogens with one attached hydrogen (secondary N) is 4. The van der Waals surface area contributed by atoms with Crippen molar-refractivity contribution in [1.82, 2.24) is 15.6 Å². The first-order valence-electron chi connectivity index (χ1n) is 11.8. The number of carbonyl (C=O) groups is 4. The van der Waals surface area contributed by atoms with Crippen molar-refractivity contribution in [3.63, 3.8) is 0 Å². The van der Waals surface area contributed by atoms with Gasteiger partial charge in [-0.15, -0.1) is 0 Å². The molecule has 3 aliphatic carbocycles. The number of alkyl halides is 2. The molecule has 0 bridgehead atoms. The second kappa shape index (κ2) is 8.42. The van der Waals surface area contributed by atoms with Crippen molar-refractivity contribution >= 4 is 29.2 Å². The number of H-pyrrole nitrogens is 1. The van der Waals surface area contributed by atoms with Crippen LogP contribution in [0.4, 0.5) is 23.2 Å². The summed E-state index contributed by atoms with van der Waals surface area (Å²) in [5.41, 5.74) is -1.58. The molecule has 196 valence electrons. The number of likely N-dealkylation sites (N-methyl/N-ethyl adjacent to an activating group) is 1. The largest absolute Gasteiger partial charge is 0.357 e. The topological polar surface area (TPSA) is 120 Å². The van der Waals surface area contributed by atoms with Crippen LogP contribution in [0.2, 0.25) is 0 Å². The molecule has 3 aliphatic rings. The molecule has 0 radical (unpaired) electrons. The summed E-state index contributed by atoms with van der Waals surface area (Å²) in [6.45, 7) is 1.44. The van der Waals surface area contributed by atoms with Crippen molar-refractivity contribution in [3.8, 4) is 0 Å². The summed E-state index contributed by atoms with van der Waals surface area (Å²) in [5, 5.41) is 6.86. The monoisotopic (exact) mass is 520 g/mol. The molecule has 0 aliphatic heterocycles. The van der Waals surface area contributed by atoms with Crippen molar-refractivity contribution in [2.45, 2.75) is 44.1 Å². The van der Waals surface area contributed by atoms with Crippen molar-refractivity contribution in [2.24, 2.45) is 17.8 Å². The summed E-state index contributed by atoms with van der Waals surface area (Å²) in [7, 11) is 1.24. The first-order chi connectivity index (χ1) is 17.4. The third-order valence-corrected chi connectivity index (χ3v) is 7.59. The fraction of sp³-hybridized carbons (Fsp3) is 0.440. The van der Waals surface area contributed by atoms with Gasteiger partial charge >= 0.3 is 0 Å². The van der Waals surface area contributed by atoms with E-state index in [0.29, 0.717) is 29.9 Å². The Morgan fingerprint density at radius 1 is 1.08 bits per heavy atom. The number of halogens is 4. The zero-order valence-electron chi connectivity index (χ0n) is 19.9. The Bertz CT molecular complexity index is 1340. The molecule has 3 amide bonds. The van der Waals surface area contributed by atoms with Gasteiger partial charge in [0.25, 0.3) is 23.5 Å². The molecule has 1 unspecified atom stereocenters. The van der Waals surface area contributed by atoms with E-state index in [2.05, 4.69) is 20.9 Å². The molecular formula is C25H24F4N4O4. The Labute approximate surface area is 208 Å². The van der Waals surface area contributed by atoms with Crippen LogP contribution in [0.1, 0.15) is 51.4 Å². The average Bonchev–Trinajstić information content (AvgIpc) is 3.71. The number of carbonyl (C=O) groups excluding carboxylic acids is 4. The number of ketones is 1. The van der Waals surface area contributed by atoms with Crippen LogP contribution in [-0.2, 0) is 16.0 Å². The van der Waals surface area contributed by atoms with E-state index >= 15 is 0 Å². The number of fused-ring (bicyclic) bond motifs is 1. The predicted octanol–water partition coefficient (Wildman–Crippen LogP) is 2.87. The predicted molar refractivity (Wildman–Crippen MR) is 122 cm³/mol. The second-order valence-corrected chi connectivity index (χ2v) is 10.1. The number of Topliss-reactive ketones (excluding diaryl/α,β-unsaturated/α-hetero) is 1. The van der Waals surface area contributed by atoms with Crippen LogP contribution in [0.3, 0.4) is 0 Å². The molecule has 0 saturated heterocycles. The third kappa shape index (κ3) is 4.38. The Morgan fingerprint density at radius 3 is 2.30 bits per heavy atom. The van der Waals surface area contributed by atoms with Gasteiger partial charge in [0.2, 0.25) is 5.91 Å². The lowest BCUT2D eigenvalue weighted by molar-refractivity contribution is -0.164. The highest BCUT2D eigenvalue weighted by Crippen LogP contribution is 2.69. The van der Waals surface area contributed by atoms with Gasteiger partial charge in [0.15, 0.2) is 11.6 Å². The number of hydrogen-bond donors (Lipinski definition) is 4. The molecule has 8 nitrogen and oxygen atoms in total. The van der Waals surface area contributed by atoms with Gasteiger partial charge in [-0.3, -0.25) is 19.2 Å². The summed E-state index contributed by atoms with van der Waals surface area (Å²) in [6, 6.07) is 2.82. The van der Waals surface area contributed by atoms with Gasteiger partial charge in [-0.1, -0.05) is 0 Å². The molecule has 3 atom stereocenters. The quantitative estimate of drug-likeness (QED) is 0.243. The molecule has 2 aromatic rings. The lowest BCUT2D eigenvalue weighted by Crippen LogP contribution is -2.69. The van der Waals surface area contributed by atoms with Crippen LogP contribution in [0.15, 0.2) is 18.2 Å². The zero-order valence-corrected chi connectivity index (χ0v) is 19.9. The molecule has 12 heteroatoms. The summed E-state index contributed by atoms with van der Waals surface area (Å²) in [6.07, 6.45) is -0.391. The SMILES string of the molecule is CNC(=O)C1(NC(=O)C(=O)c2c(C[C@H]3C4C[C@H]43)[nH]c(C(=O)Nc3ccc(F)c(F)c3)c2C)CC(F)(F)C1. The van der Waals surface area contributed by atoms with Crippen LogP contribution in [0, 0.1) is 36.3 Å². The molecule has 3 fully saturated rings. The lowest BCUT2D eigenvalue weighted by atomic mass is 9.72. The maximum atomic E-state index is 13.6. The van der Waals surface area contributed by atoms with E-state index in [1.54, 1.807) is 0 Å². The molecular weight excluding hydrogens is 496 g/mol. The van der Waals surface area contributed by atoms with Crippen LogP contribution in [-0.4, -0.2) is 47.0 Å². The zero-order chi connectivity index (χ0) is 26.9. The van der Waals surface area contributed by atoms with E-state index in [0.717, 1.165) is 18.6 Å². The highest BCUT2D eigenvalue weighted by atomic mass is 19.3. The summed E-state index contributed by atoms with van der Waals surface area (Å²) < 4.78 is 54.1. The Balaban J connectivity index is 1.41. The Morgan fingerprint density at radius 2 is 1.76 bits per heavy atom. The molecule has 4 N–H and O–H groups in total. The Kier molecular flexibility index (Phi) is 5.68. The van der Waals surface area contributed by atoms with Crippen LogP contribution >= 0.6 is 0 Å². The van der Waals surface area contributed by atoms with Gasteiger partial charge in [-0.25, -0.2) is 17.6 Å². The van der Waals surface area contributed by atoms with Gasteiger partial charge < -0.3 is 20.9 Å². The second-order valence-electron chi connectivity index (χ2n) is 10.1. The van der Waals surface area contributed by atoms with E-state index in [4.69, 9.17) is 0 Å². The molecule has 5 rings (SSSR count). The van der Waals surface area contributed by atoms with E-state index in [1.165, 1.54) is 20.0 Å². The molecule has 1 aromatic heterocycles. The fourth-order valence-electron chi connectivity index (χ4n) is 5.33. The summed E-state index contributed by atoms with van der Waals surface area (Å²) in [5.74, 6) is -7.92. The molecule has 0 spiro atoms. The maximum absolute atomic E-state index is 13.6. The van der Waals surface area contributed by atoms with Crippen molar-refractivity contribution in [3.05, 3.63) is 52.3 Å². The molecule has 3 saturated carbocycles.